The van der Waals surface area contributed by atoms with E-state index in [2.05, 4.69) is 13.8 Å². The van der Waals surface area contributed by atoms with E-state index in [1.165, 1.54) is 10.4 Å². The zero-order valence-corrected chi connectivity index (χ0v) is 12.4. The molecule has 1 N–H and O–H groups in total. The Labute approximate surface area is 114 Å². The zero-order chi connectivity index (χ0) is 14.2. The normalized spacial score (nSPS) is 21.4. The van der Waals surface area contributed by atoms with E-state index in [0.717, 1.165) is 6.42 Å². The molecule has 0 saturated carbocycles. The SMILES string of the molecule is Cc1oc(CO)cc1S(=O)(=O)N1CCC(C(C)C)C1. The first-order valence-electron chi connectivity index (χ1n) is 6.56. The van der Waals surface area contributed by atoms with Gasteiger partial charge in [-0.2, -0.15) is 4.31 Å². The van der Waals surface area contributed by atoms with Crippen LogP contribution in [0, 0.1) is 18.8 Å². The van der Waals surface area contributed by atoms with Crippen molar-refractivity contribution in [2.24, 2.45) is 11.8 Å². The van der Waals surface area contributed by atoms with Gasteiger partial charge in [0.15, 0.2) is 0 Å². The van der Waals surface area contributed by atoms with Gasteiger partial charge < -0.3 is 9.52 Å². The topological polar surface area (TPSA) is 70.8 Å². The van der Waals surface area contributed by atoms with Crippen LogP contribution in [-0.4, -0.2) is 30.9 Å². The molecule has 0 bridgehead atoms. The quantitative estimate of drug-likeness (QED) is 0.916. The smallest absolute Gasteiger partial charge is 0.246 e. The van der Waals surface area contributed by atoms with Crippen LogP contribution in [0.4, 0.5) is 0 Å². The maximum Gasteiger partial charge on any atom is 0.246 e. The van der Waals surface area contributed by atoms with Crippen LogP contribution in [0.25, 0.3) is 0 Å². The summed E-state index contributed by atoms with van der Waals surface area (Å²) in [4.78, 5) is 0.181. The molecule has 0 aromatic carbocycles. The second-order valence-corrected chi connectivity index (χ2v) is 7.35. The Bertz CT molecular complexity index is 547. The van der Waals surface area contributed by atoms with E-state index in [1.54, 1.807) is 6.92 Å². The summed E-state index contributed by atoms with van der Waals surface area (Å²) in [5.74, 6) is 1.53. The second-order valence-electron chi connectivity index (χ2n) is 5.45. The average Bonchev–Trinajstić information content (AvgIpc) is 2.95. The number of furan rings is 1. The molecule has 6 heteroatoms. The van der Waals surface area contributed by atoms with Crippen molar-refractivity contribution in [1.82, 2.24) is 4.31 Å². The standard InChI is InChI=1S/C13H21NO4S/c1-9(2)11-4-5-14(7-11)19(16,17)13-6-12(8-15)18-10(13)3/h6,9,11,15H,4-5,7-8H2,1-3H3. The third-order valence-corrected chi connectivity index (χ3v) is 5.80. The fourth-order valence-electron chi connectivity index (χ4n) is 2.51. The molecule has 0 spiro atoms. The zero-order valence-electron chi connectivity index (χ0n) is 11.6. The summed E-state index contributed by atoms with van der Waals surface area (Å²) < 4.78 is 31.8. The van der Waals surface area contributed by atoms with Crippen molar-refractivity contribution in [2.75, 3.05) is 13.1 Å². The predicted octanol–water partition coefficient (Wildman–Crippen LogP) is 1.75. The molecule has 5 nitrogen and oxygen atoms in total. The maximum atomic E-state index is 12.5. The molecule has 1 fully saturated rings. The van der Waals surface area contributed by atoms with Crippen LogP contribution in [0.5, 0.6) is 0 Å². The Kier molecular flexibility index (Phi) is 4.03. The highest BCUT2D eigenvalue weighted by molar-refractivity contribution is 7.89. The van der Waals surface area contributed by atoms with Gasteiger partial charge in [-0.05, 0) is 25.2 Å². The van der Waals surface area contributed by atoms with Crippen molar-refractivity contribution in [3.05, 3.63) is 17.6 Å². The van der Waals surface area contributed by atoms with Crippen LogP contribution in [0.3, 0.4) is 0 Å². The fraction of sp³-hybridized carbons (Fsp3) is 0.692. The van der Waals surface area contributed by atoms with Gasteiger partial charge in [0.1, 0.15) is 23.0 Å². The summed E-state index contributed by atoms with van der Waals surface area (Å²) in [5, 5.41) is 9.02. The minimum Gasteiger partial charge on any atom is -0.462 e. The van der Waals surface area contributed by atoms with E-state index in [0.29, 0.717) is 30.7 Å². The predicted molar refractivity (Wildman–Crippen MR) is 71.1 cm³/mol. The minimum atomic E-state index is -3.50. The first-order chi connectivity index (χ1) is 8.86. The summed E-state index contributed by atoms with van der Waals surface area (Å²) in [6.07, 6.45) is 0.903. The molecule has 108 valence electrons. The number of rotatable bonds is 4. The van der Waals surface area contributed by atoms with E-state index >= 15 is 0 Å². The maximum absolute atomic E-state index is 12.5. The van der Waals surface area contributed by atoms with E-state index in [9.17, 15) is 8.42 Å². The summed E-state index contributed by atoms with van der Waals surface area (Å²) in [7, 11) is -3.50. The molecule has 0 amide bonds. The van der Waals surface area contributed by atoms with Crippen molar-refractivity contribution < 1.29 is 17.9 Å². The molecule has 1 aromatic heterocycles. The molecular weight excluding hydrogens is 266 g/mol. The van der Waals surface area contributed by atoms with Crippen LogP contribution in [0.15, 0.2) is 15.4 Å². The average molecular weight is 287 g/mol. The van der Waals surface area contributed by atoms with Crippen LogP contribution < -0.4 is 0 Å². The van der Waals surface area contributed by atoms with Gasteiger partial charge in [-0.15, -0.1) is 0 Å². The number of sulfonamides is 1. The number of hydrogen-bond acceptors (Lipinski definition) is 4. The fourth-order valence-corrected chi connectivity index (χ4v) is 4.21. The van der Waals surface area contributed by atoms with Gasteiger partial charge in [0.05, 0.1) is 0 Å². The summed E-state index contributed by atoms with van der Waals surface area (Å²) in [6, 6.07) is 1.42. The number of aryl methyl sites for hydroxylation is 1. The monoisotopic (exact) mass is 287 g/mol. The Hall–Kier alpha value is -0.850. The van der Waals surface area contributed by atoms with Crippen LogP contribution >= 0.6 is 0 Å². The van der Waals surface area contributed by atoms with Crippen LogP contribution in [0.2, 0.25) is 0 Å². The number of aliphatic hydroxyl groups is 1. The molecule has 2 heterocycles. The number of nitrogens with zero attached hydrogens (tertiary/aromatic N) is 1. The highest BCUT2D eigenvalue weighted by atomic mass is 32.2. The molecule has 1 aliphatic heterocycles. The first kappa shape index (κ1) is 14.6. The Morgan fingerprint density at radius 3 is 2.68 bits per heavy atom. The molecule has 1 saturated heterocycles. The highest BCUT2D eigenvalue weighted by Gasteiger charge is 2.35. The molecule has 0 radical (unpaired) electrons. The summed E-state index contributed by atoms with van der Waals surface area (Å²) in [6.45, 7) is 6.69. The molecular formula is C13H21NO4S. The lowest BCUT2D eigenvalue weighted by atomic mass is 9.96. The molecule has 1 aromatic rings. The largest absolute Gasteiger partial charge is 0.462 e. The van der Waals surface area contributed by atoms with Crippen LogP contribution in [0.1, 0.15) is 31.8 Å². The molecule has 1 aliphatic rings. The van der Waals surface area contributed by atoms with Crippen molar-refractivity contribution >= 4 is 10.0 Å². The Morgan fingerprint density at radius 1 is 1.53 bits per heavy atom. The first-order valence-corrected chi connectivity index (χ1v) is 8.00. The summed E-state index contributed by atoms with van der Waals surface area (Å²) in [5.41, 5.74) is 0. The summed E-state index contributed by atoms with van der Waals surface area (Å²) >= 11 is 0. The lowest BCUT2D eigenvalue weighted by Crippen LogP contribution is -2.29. The number of aliphatic hydroxyl groups excluding tert-OH is 1. The second kappa shape index (κ2) is 5.26. The Morgan fingerprint density at radius 2 is 2.21 bits per heavy atom. The van der Waals surface area contributed by atoms with Gasteiger partial charge in [0, 0.05) is 19.2 Å². The van der Waals surface area contributed by atoms with E-state index in [4.69, 9.17) is 9.52 Å². The molecule has 1 atom stereocenters. The van der Waals surface area contributed by atoms with E-state index in [-0.39, 0.29) is 17.3 Å². The molecule has 0 aliphatic carbocycles. The van der Waals surface area contributed by atoms with E-state index in [1.807, 2.05) is 0 Å². The van der Waals surface area contributed by atoms with Gasteiger partial charge in [0.2, 0.25) is 10.0 Å². The van der Waals surface area contributed by atoms with Crippen molar-refractivity contribution in [1.29, 1.82) is 0 Å². The minimum absolute atomic E-state index is 0.181. The van der Waals surface area contributed by atoms with Gasteiger partial charge in [0.25, 0.3) is 0 Å². The van der Waals surface area contributed by atoms with Crippen molar-refractivity contribution in [2.45, 2.75) is 38.7 Å². The van der Waals surface area contributed by atoms with Gasteiger partial charge >= 0.3 is 0 Å². The molecule has 1 unspecified atom stereocenters. The third kappa shape index (κ3) is 2.70. The highest BCUT2D eigenvalue weighted by Crippen LogP contribution is 2.30. The lowest BCUT2D eigenvalue weighted by molar-refractivity contribution is 0.244. The van der Waals surface area contributed by atoms with Gasteiger partial charge in [-0.25, -0.2) is 8.42 Å². The van der Waals surface area contributed by atoms with Crippen LogP contribution in [-0.2, 0) is 16.6 Å². The third-order valence-electron chi connectivity index (χ3n) is 3.83. The molecule has 2 rings (SSSR count). The lowest BCUT2D eigenvalue weighted by Gasteiger charge is -2.17. The Balaban J connectivity index is 2.26. The van der Waals surface area contributed by atoms with Gasteiger partial charge in [-0.3, -0.25) is 0 Å². The van der Waals surface area contributed by atoms with E-state index < -0.39 is 10.0 Å². The van der Waals surface area contributed by atoms with Crippen molar-refractivity contribution in [3.63, 3.8) is 0 Å². The van der Waals surface area contributed by atoms with Crippen molar-refractivity contribution in [3.8, 4) is 0 Å². The molecule has 19 heavy (non-hydrogen) atoms. The number of hydrogen-bond donors (Lipinski definition) is 1. The van der Waals surface area contributed by atoms with Gasteiger partial charge in [-0.1, -0.05) is 13.8 Å².